The van der Waals surface area contributed by atoms with E-state index in [1.807, 2.05) is 24.3 Å². The summed E-state index contributed by atoms with van der Waals surface area (Å²) in [6, 6.07) is 14.4. The van der Waals surface area contributed by atoms with Crippen LogP contribution in [0.3, 0.4) is 0 Å². The van der Waals surface area contributed by atoms with Crippen LogP contribution in [0.1, 0.15) is 12.5 Å². The minimum atomic E-state index is -0.658. The number of halogens is 1. The molecule has 2 heterocycles. The molecule has 1 aliphatic heterocycles. The van der Waals surface area contributed by atoms with Gasteiger partial charge in [-0.2, -0.15) is 0 Å². The van der Waals surface area contributed by atoms with Gasteiger partial charge in [0.15, 0.2) is 0 Å². The lowest BCUT2D eigenvalue weighted by molar-refractivity contribution is -0.138. The van der Waals surface area contributed by atoms with Crippen molar-refractivity contribution in [2.75, 3.05) is 6.61 Å². The van der Waals surface area contributed by atoms with Gasteiger partial charge >= 0.3 is 5.97 Å². The number of aliphatic hydroxyl groups excluding tert-OH is 1. The average molecular weight is 482 g/mol. The number of primary amides is 1. The average Bonchev–Trinajstić information content (AvgIpc) is 3.27. The monoisotopic (exact) mass is 481 g/mol. The smallest absolute Gasteiger partial charge is 0.344 e. The summed E-state index contributed by atoms with van der Waals surface area (Å²) >= 11 is 7.11. The van der Waals surface area contributed by atoms with Crippen molar-refractivity contribution in [2.45, 2.75) is 13.5 Å². The number of benzene rings is 2. The van der Waals surface area contributed by atoms with E-state index in [2.05, 4.69) is 4.99 Å². The molecule has 0 fully saturated rings. The van der Waals surface area contributed by atoms with Crippen molar-refractivity contribution in [1.82, 2.24) is 4.57 Å². The maximum absolute atomic E-state index is 12.6. The Morgan fingerprint density at radius 1 is 1.21 bits per heavy atom. The standard InChI is InChI=1S/C24H20ClN3O4S/c1-2-32-24(31)21-22(30)19(33-23(21)27-16-9-7-15(25)8-10-16)11-14-12-28(13-20(26)29)18-6-4-3-5-17(14)18/h3-12,30H,2,13H2,1H3,(H2,26,29)/b19-11-,27-23?. The van der Waals surface area contributed by atoms with E-state index in [9.17, 15) is 14.7 Å². The second-order valence-electron chi connectivity index (χ2n) is 7.14. The number of ether oxygens (including phenoxy) is 1. The number of amides is 1. The Morgan fingerprint density at radius 3 is 2.64 bits per heavy atom. The van der Waals surface area contributed by atoms with E-state index in [1.165, 1.54) is 0 Å². The molecule has 3 N–H and O–H groups in total. The summed E-state index contributed by atoms with van der Waals surface area (Å²) < 4.78 is 6.89. The molecular weight excluding hydrogens is 462 g/mol. The van der Waals surface area contributed by atoms with Gasteiger partial charge in [-0.3, -0.25) is 4.79 Å². The molecule has 3 aromatic rings. The number of esters is 1. The molecule has 2 aromatic carbocycles. The highest BCUT2D eigenvalue weighted by Crippen LogP contribution is 2.41. The molecule has 9 heteroatoms. The third kappa shape index (κ3) is 4.81. The summed E-state index contributed by atoms with van der Waals surface area (Å²) in [7, 11) is 0. The number of carbonyl (C=O) groups excluding carboxylic acids is 2. The topological polar surface area (TPSA) is 107 Å². The molecule has 0 radical (unpaired) electrons. The first kappa shape index (κ1) is 22.7. The number of carbonyl (C=O) groups is 2. The van der Waals surface area contributed by atoms with Crippen LogP contribution in [0.4, 0.5) is 5.69 Å². The molecule has 0 spiro atoms. The highest BCUT2D eigenvalue weighted by atomic mass is 35.5. The number of aliphatic hydroxyl groups is 1. The van der Waals surface area contributed by atoms with Crippen molar-refractivity contribution in [1.29, 1.82) is 0 Å². The lowest BCUT2D eigenvalue weighted by atomic mass is 10.1. The second kappa shape index (κ2) is 9.56. The fourth-order valence-electron chi connectivity index (χ4n) is 3.45. The predicted molar refractivity (Wildman–Crippen MR) is 132 cm³/mol. The van der Waals surface area contributed by atoms with Crippen LogP contribution in [-0.2, 0) is 20.9 Å². The van der Waals surface area contributed by atoms with Crippen molar-refractivity contribution < 1.29 is 19.4 Å². The van der Waals surface area contributed by atoms with Crippen LogP contribution in [-0.4, -0.2) is 33.2 Å². The first-order valence-corrected chi connectivity index (χ1v) is 11.3. The fraction of sp³-hybridized carbons (Fsp3) is 0.125. The predicted octanol–water partition coefficient (Wildman–Crippen LogP) is 4.97. The molecule has 4 rings (SSSR count). The number of hydrogen-bond donors (Lipinski definition) is 2. The van der Waals surface area contributed by atoms with Gasteiger partial charge in [0.05, 0.1) is 17.2 Å². The van der Waals surface area contributed by atoms with Crippen LogP contribution in [0.2, 0.25) is 5.02 Å². The van der Waals surface area contributed by atoms with Crippen molar-refractivity contribution in [3.05, 3.63) is 81.6 Å². The second-order valence-corrected chi connectivity index (χ2v) is 8.61. The molecule has 33 heavy (non-hydrogen) atoms. The zero-order valence-electron chi connectivity index (χ0n) is 17.6. The lowest BCUT2D eigenvalue weighted by Crippen LogP contribution is -2.17. The maximum atomic E-state index is 12.6. The van der Waals surface area contributed by atoms with Crippen molar-refractivity contribution in [3.8, 4) is 0 Å². The number of thioether (sulfide) groups is 1. The number of nitrogens with two attached hydrogens (primary N) is 1. The number of fused-ring (bicyclic) bond motifs is 1. The van der Waals surface area contributed by atoms with Gasteiger partial charge in [0.1, 0.15) is 22.9 Å². The van der Waals surface area contributed by atoms with Gasteiger partial charge in [-0.15, -0.1) is 0 Å². The van der Waals surface area contributed by atoms with Crippen LogP contribution in [0.15, 0.2) is 76.0 Å². The summed E-state index contributed by atoms with van der Waals surface area (Å²) in [5.74, 6) is -1.33. The Labute approximate surface area is 199 Å². The number of para-hydroxylation sites is 1. The number of hydrogen-bond acceptors (Lipinski definition) is 6. The van der Waals surface area contributed by atoms with Gasteiger partial charge < -0.3 is 20.1 Å². The van der Waals surface area contributed by atoms with E-state index in [-0.39, 0.29) is 24.5 Å². The van der Waals surface area contributed by atoms with E-state index >= 15 is 0 Å². The molecule has 1 amide bonds. The van der Waals surface area contributed by atoms with Gasteiger partial charge in [0.25, 0.3) is 0 Å². The van der Waals surface area contributed by atoms with Crippen LogP contribution >= 0.6 is 23.4 Å². The molecule has 0 saturated carbocycles. The summed E-state index contributed by atoms with van der Waals surface area (Å²) in [6.45, 7) is 1.88. The number of aliphatic imine (C=N–C) groups is 1. The number of aromatic nitrogens is 1. The normalized spacial score (nSPS) is 16.2. The Balaban J connectivity index is 1.80. The maximum Gasteiger partial charge on any atom is 0.344 e. The largest absolute Gasteiger partial charge is 0.506 e. The van der Waals surface area contributed by atoms with Crippen LogP contribution in [0.25, 0.3) is 17.0 Å². The van der Waals surface area contributed by atoms with E-state index in [0.29, 0.717) is 20.7 Å². The van der Waals surface area contributed by atoms with E-state index in [0.717, 1.165) is 28.2 Å². The molecule has 0 bridgehead atoms. The Morgan fingerprint density at radius 2 is 1.94 bits per heavy atom. The molecule has 0 atom stereocenters. The zero-order valence-corrected chi connectivity index (χ0v) is 19.2. The molecule has 0 saturated heterocycles. The lowest BCUT2D eigenvalue weighted by Gasteiger charge is -2.03. The Bertz CT molecular complexity index is 1340. The van der Waals surface area contributed by atoms with E-state index in [1.54, 1.807) is 48.0 Å². The molecule has 0 aliphatic carbocycles. The SMILES string of the molecule is CCOC(=O)C1=C(O)/C(=C/c2cn(CC(N)=O)c3ccccc23)SC1=Nc1ccc(Cl)cc1. The highest BCUT2D eigenvalue weighted by molar-refractivity contribution is 8.18. The van der Waals surface area contributed by atoms with Gasteiger partial charge in [0.2, 0.25) is 5.91 Å². The zero-order chi connectivity index (χ0) is 23.5. The molecular formula is C24H20ClN3O4S. The molecule has 168 valence electrons. The summed E-state index contributed by atoms with van der Waals surface area (Å²) in [5.41, 5.74) is 7.56. The number of nitrogens with zero attached hydrogens (tertiary/aromatic N) is 2. The Kier molecular flexibility index (Phi) is 6.57. The van der Waals surface area contributed by atoms with Crippen LogP contribution in [0.5, 0.6) is 0 Å². The summed E-state index contributed by atoms with van der Waals surface area (Å²) in [4.78, 5) is 29.1. The third-order valence-corrected chi connectivity index (χ3v) is 6.13. The van der Waals surface area contributed by atoms with E-state index < -0.39 is 11.9 Å². The van der Waals surface area contributed by atoms with Crippen LogP contribution < -0.4 is 5.73 Å². The first-order valence-electron chi connectivity index (χ1n) is 10.1. The summed E-state index contributed by atoms with van der Waals surface area (Å²) in [6.07, 6.45) is 3.54. The van der Waals surface area contributed by atoms with Crippen molar-refractivity contribution >= 4 is 62.9 Å². The van der Waals surface area contributed by atoms with Gasteiger partial charge in [-0.05, 0) is 43.3 Å². The first-order chi connectivity index (χ1) is 15.9. The minimum Gasteiger partial charge on any atom is -0.506 e. The molecule has 1 aromatic heterocycles. The van der Waals surface area contributed by atoms with Crippen molar-refractivity contribution in [3.63, 3.8) is 0 Å². The summed E-state index contributed by atoms with van der Waals surface area (Å²) in [5, 5.41) is 12.7. The molecule has 1 aliphatic rings. The minimum absolute atomic E-state index is 0.00363. The quantitative estimate of drug-likeness (QED) is 0.483. The van der Waals surface area contributed by atoms with Gasteiger partial charge in [-0.1, -0.05) is 41.6 Å². The number of rotatable bonds is 6. The van der Waals surface area contributed by atoms with E-state index in [4.69, 9.17) is 22.1 Å². The third-order valence-electron chi connectivity index (χ3n) is 4.86. The van der Waals surface area contributed by atoms with Crippen molar-refractivity contribution in [2.24, 2.45) is 10.7 Å². The van der Waals surface area contributed by atoms with Gasteiger partial charge in [0, 0.05) is 27.7 Å². The van der Waals surface area contributed by atoms with Crippen LogP contribution in [0, 0.1) is 0 Å². The van der Waals surface area contributed by atoms with Gasteiger partial charge in [-0.25, -0.2) is 9.79 Å². The molecule has 7 nitrogen and oxygen atoms in total. The highest BCUT2D eigenvalue weighted by Gasteiger charge is 2.33. The molecule has 0 unspecified atom stereocenters. The Hall–Kier alpha value is -3.49. The fourth-order valence-corrected chi connectivity index (χ4v) is 4.61.